The molecule has 0 aromatic heterocycles. The molecule has 2 aromatic rings. The zero-order chi connectivity index (χ0) is 22.6. The summed E-state index contributed by atoms with van der Waals surface area (Å²) in [5, 5.41) is 5.39. The Kier molecular flexibility index (Phi) is 11.1. The van der Waals surface area contributed by atoms with E-state index < -0.39 is 11.7 Å². The van der Waals surface area contributed by atoms with E-state index in [9.17, 15) is 9.59 Å². The SMILES string of the molecule is CC.CC.Cc1ccc(C(=O)Nc2ccc(N)cc2NC(=O)OC(C)(C)C)cc1. The van der Waals surface area contributed by atoms with Gasteiger partial charge in [-0.2, -0.15) is 0 Å². The predicted molar refractivity (Wildman–Crippen MR) is 123 cm³/mol. The van der Waals surface area contributed by atoms with E-state index in [4.69, 9.17) is 10.5 Å². The second-order valence-corrected chi connectivity index (χ2v) is 6.75. The Morgan fingerprint density at radius 3 is 1.93 bits per heavy atom. The molecule has 0 saturated carbocycles. The number of benzene rings is 2. The Balaban J connectivity index is 0.00000184. The average Bonchev–Trinajstić information content (AvgIpc) is 2.66. The fraction of sp³-hybridized carbons (Fsp3) is 0.391. The van der Waals surface area contributed by atoms with Gasteiger partial charge in [-0.15, -0.1) is 0 Å². The number of nitrogens with two attached hydrogens (primary N) is 1. The van der Waals surface area contributed by atoms with Gasteiger partial charge in [0, 0.05) is 11.3 Å². The minimum atomic E-state index is -0.629. The van der Waals surface area contributed by atoms with Crippen molar-refractivity contribution in [1.82, 2.24) is 0 Å². The number of ether oxygens (including phenoxy) is 1. The topological polar surface area (TPSA) is 93.5 Å². The average molecular weight is 402 g/mol. The van der Waals surface area contributed by atoms with Gasteiger partial charge < -0.3 is 15.8 Å². The summed E-state index contributed by atoms with van der Waals surface area (Å²) in [6, 6.07) is 12.0. The Morgan fingerprint density at radius 2 is 1.41 bits per heavy atom. The second kappa shape index (κ2) is 12.4. The third kappa shape index (κ3) is 9.65. The van der Waals surface area contributed by atoms with Gasteiger partial charge in [0.05, 0.1) is 11.4 Å². The molecule has 2 aromatic carbocycles. The van der Waals surface area contributed by atoms with E-state index in [1.807, 2.05) is 46.8 Å². The first-order chi connectivity index (χ1) is 13.6. The molecule has 0 radical (unpaired) electrons. The molecule has 0 unspecified atom stereocenters. The van der Waals surface area contributed by atoms with Crippen molar-refractivity contribution in [1.29, 1.82) is 0 Å². The molecular weight excluding hydrogens is 366 g/mol. The number of rotatable bonds is 3. The third-order valence-electron chi connectivity index (χ3n) is 3.24. The van der Waals surface area contributed by atoms with Crippen LogP contribution in [0.15, 0.2) is 42.5 Å². The number of aryl methyl sites for hydroxylation is 1. The Labute approximate surface area is 174 Å². The van der Waals surface area contributed by atoms with Gasteiger partial charge in [0.25, 0.3) is 5.91 Å². The number of hydrogen-bond acceptors (Lipinski definition) is 4. The number of hydrogen-bond donors (Lipinski definition) is 3. The van der Waals surface area contributed by atoms with Gasteiger partial charge in [-0.25, -0.2) is 4.79 Å². The highest BCUT2D eigenvalue weighted by Gasteiger charge is 2.18. The van der Waals surface area contributed by atoms with Crippen LogP contribution in [0, 0.1) is 6.92 Å². The lowest BCUT2D eigenvalue weighted by molar-refractivity contribution is 0.0635. The minimum absolute atomic E-state index is 0.281. The highest BCUT2D eigenvalue weighted by molar-refractivity contribution is 6.07. The maximum absolute atomic E-state index is 12.4. The molecule has 160 valence electrons. The first-order valence-corrected chi connectivity index (χ1v) is 9.91. The van der Waals surface area contributed by atoms with Gasteiger partial charge in [0.1, 0.15) is 5.60 Å². The van der Waals surface area contributed by atoms with Crippen LogP contribution in [0.2, 0.25) is 0 Å². The number of nitrogen functional groups attached to an aromatic ring is 1. The van der Waals surface area contributed by atoms with Crippen molar-refractivity contribution < 1.29 is 14.3 Å². The minimum Gasteiger partial charge on any atom is -0.444 e. The summed E-state index contributed by atoms with van der Waals surface area (Å²) in [5.74, 6) is -0.281. The molecule has 2 amide bonds. The van der Waals surface area contributed by atoms with Gasteiger partial charge in [-0.05, 0) is 58.0 Å². The van der Waals surface area contributed by atoms with Gasteiger partial charge in [0.2, 0.25) is 0 Å². The van der Waals surface area contributed by atoms with Gasteiger partial charge >= 0.3 is 6.09 Å². The molecule has 0 fully saturated rings. The molecule has 6 nitrogen and oxygen atoms in total. The summed E-state index contributed by atoms with van der Waals surface area (Å²) in [5.41, 5.74) is 8.00. The van der Waals surface area contributed by atoms with E-state index in [-0.39, 0.29) is 5.91 Å². The van der Waals surface area contributed by atoms with E-state index in [0.29, 0.717) is 22.6 Å². The molecule has 6 heteroatoms. The molecule has 0 aliphatic rings. The Hall–Kier alpha value is -3.02. The van der Waals surface area contributed by atoms with Gasteiger partial charge in [-0.3, -0.25) is 10.1 Å². The van der Waals surface area contributed by atoms with E-state index in [1.54, 1.807) is 51.1 Å². The summed E-state index contributed by atoms with van der Waals surface area (Å²) in [7, 11) is 0. The van der Waals surface area contributed by atoms with Crippen LogP contribution in [0.1, 0.15) is 64.4 Å². The maximum atomic E-state index is 12.4. The molecule has 0 atom stereocenters. The standard InChI is InChI=1S/C19H23N3O3.2C2H6/c1-12-5-7-13(8-6-12)17(23)21-15-10-9-14(20)11-16(15)22-18(24)25-19(2,3)4;2*1-2/h5-11H,20H2,1-4H3,(H,21,23)(H,22,24);2*1-2H3. The molecule has 0 aliphatic carbocycles. The number of anilines is 3. The smallest absolute Gasteiger partial charge is 0.412 e. The first kappa shape index (κ1) is 26.0. The molecule has 0 saturated heterocycles. The molecule has 2 rings (SSSR count). The largest absolute Gasteiger partial charge is 0.444 e. The van der Waals surface area contributed by atoms with Crippen LogP contribution >= 0.6 is 0 Å². The predicted octanol–water partition coefficient (Wildman–Crippen LogP) is 6.23. The Morgan fingerprint density at radius 1 is 0.862 bits per heavy atom. The van der Waals surface area contributed by atoms with Crippen LogP contribution in [-0.4, -0.2) is 17.6 Å². The van der Waals surface area contributed by atoms with Crippen molar-refractivity contribution in [3.8, 4) is 0 Å². The fourth-order valence-electron chi connectivity index (χ4n) is 2.09. The van der Waals surface area contributed by atoms with Crippen LogP contribution in [0.25, 0.3) is 0 Å². The van der Waals surface area contributed by atoms with Crippen LogP contribution in [0.4, 0.5) is 21.9 Å². The Bertz CT molecular complexity index is 779. The van der Waals surface area contributed by atoms with Crippen molar-refractivity contribution in [3.05, 3.63) is 53.6 Å². The van der Waals surface area contributed by atoms with E-state index in [0.717, 1.165) is 5.56 Å². The monoisotopic (exact) mass is 401 g/mol. The highest BCUT2D eigenvalue weighted by Crippen LogP contribution is 2.26. The summed E-state index contributed by atoms with van der Waals surface area (Å²) >= 11 is 0. The lowest BCUT2D eigenvalue weighted by atomic mass is 10.1. The number of nitrogens with one attached hydrogen (secondary N) is 2. The maximum Gasteiger partial charge on any atom is 0.412 e. The van der Waals surface area contributed by atoms with Crippen LogP contribution < -0.4 is 16.4 Å². The summed E-state index contributed by atoms with van der Waals surface area (Å²) in [6.45, 7) is 15.3. The first-order valence-electron chi connectivity index (χ1n) is 9.91. The van der Waals surface area contributed by atoms with Crippen molar-refractivity contribution in [2.75, 3.05) is 16.4 Å². The van der Waals surface area contributed by atoms with Crippen LogP contribution in [-0.2, 0) is 4.74 Å². The molecular formula is C23H35N3O3. The van der Waals surface area contributed by atoms with Gasteiger partial charge in [-0.1, -0.05) is 45.4 Å². The van der Waals surface area contributed by atoms with E-state index in [2.05, 4.69) is 10.6 Å². The molecule has 29 heavy (non-hydrogen) atoms. The lowest BCUT2D eigenvalue weighted by Gasteiger charge is -2.20. The van der Waals surface area contributed by atoms with Crippen molar-refractivity contribution >= 4 is 29.1 Å². The zero-order valence-electron chi connectivity index (χ0n) is 18.8. The second-order valence-electron chi connectivity index (χ2n) is 6.75. The number of carbonyl (C=O) groups excluding carboxylic acids is 2. The molecule has 0 aliphatic heterocycles. The molecule has 0 bridgehead atoms. The third-order valence-corrected chi connectivity index (χ3v) is 3.24. The van der Waals surface area contributed by atoms with Gasteiger partial charge in [0.15, 0.2) is 0 Å². The summed E-state index contributed by atoms with van der Waals surface area (Å²) in [4.78, 5) is 24.4. The van der Waals surface area contributed by atoms with Crippen molar-refractivity contribution in [2.45, 2.75) is 61.0 Å². The van der Waals surface area contributed by atoms with Crippen LogP contribution in [0.3, 0.4) is 0 Å². The molecule has 0 heterocycles. The normalized spacial score (nSPS) is 9.79. The summed E-state index contributed by atoms with van der Waals surface area (Å²) < 4.78 is 5.24. The highest BCUT2D eigenvalue weighted by atomic mass is 16.6. The molecule has 0 spiro atoms. The molecule has 4 N–H and O–H groups in total. The van der Waals surface area contributed by atoms with E-state index in [1.165, 1.54) is 0 Å². The zero-order valence-corrected chi connectivity index (χ0v) is 18.8. The number of carbonyl (C=O) groups is 2. The number of amides is 2. The van der Waals surface area contributed by atoms with E-state index >= 15 is 0 Å². The van der Waals surface area contributed by atoms with Crippen molar-refractivity contribution in [3.63, 3.8) is 0 Å². The fourth-order valence-corrected chi connectivity index (χ4v) is 2.09. The van der Waals surface area contributed by atoms with Crippen LogP contribution in [0.5, 0.6) is 0 Å². The summed E-state index contributed by atoms with van der Waals surface area (Å²) in [6.07, 6.45) is -0.621. The quantitative estimate of drug-likeness (QED) is 0.531. The lowest BCUT2D eigenvalue weighted by Crippen LogP contribution is -2.27. The van der Waals surface area contributed by atoms with Crippen molar-refractivity contribution in [2.24, 2.45) is 0 Å².